The van der Waals surface area contributed by atoms with Gasteiger partial charge in [0.25, 0.3) is 5.91 Å². The summed E-state index contributed by atoms with van der Waals surface area (Å²) in [7, 11) is 1.64. The van der Waals surface area contributed by atoms with Crippen LogP contribution in [-0.2, 0) is 6.42 Å². The van der Waals surface area contributed by atoms with Crippen LogP contribution in [0.2, 0.25) is 0 Å². The molecule has 1 amide bonds. The predicted octanol–water partition coefficient (Wildman–Crippen LogP) is 4.21. The molecule has 0 bridgehead atoms. The minimum atomic E-state index is -0.0233. The first kappa shape index (κ1) is 15.1. The molecule has 0 unspecified atom stereocenters. The number of halogens is 1. The van der Waals surface area contributed by atoms with E-state index >= 15 is 0 Å². The summed E-state index contributed by atoms with van der Waals surface area (Å²) in [6, 6.07) is 15.4. The van der Waals surface area contributed by atoms with E-state index in [0.717, 1.165) is 38.9 Å². The first-order valence-corrected chi connectivity index (χ1v) is 8.50. The third-order valence-corrected chi connectivity index (χ3v) is 4.75. The Labute approximate surface area is 148 Å². The van der Waals surface area contributed by atoms with Crippen LogP contribution >= 0.6 is 15.9 Å². The van der Waals surface area contributed by atoms with Crippen molar-refractivity contribution in [2.45, 2.75) is 6.42 Å². The molecule has 5 heteroatoms. The number of ether oxygens (including phenoxy) is 1. The Hall–Kier alpha value is -2.40. The number of pyridine rings is 1. The summed E-state index contributed by atoms with van der Waals surface area (Å²) in [5, 5.41) is 1.06. The third-order valence-electron chi connectivity index (χ3n) is 4.26. The van der Waals surface area contributed by atoms with E-state index in [0.29, 0.717) is 12.1 Å². The lowest BCUT2D eigenvalue weighted by atomic mass is 10.1. The van der Waals surface area contributed by atoms with Crippen molar-refractivity contribution >= 4 is 38.6 Å². The number of rotatable bonds is 2. The largest absolute Gasteiger partial charge is 0.497 e. The van der Waals surface area contributed by atoms with Gasteiger partial charge in [-0.2, -0.15) is 0 Å². The molecule has 1 aliphatic rings. The number of methoxy groups -OCH3 is 1. The van der Waals surface area contributed by atoms with Crippen molar-refractivity contribution in [2.75, 3.05) is 18.6 Å². The fraction of sp³-hybridized carbons (Fsp3) is 0.158. The van der Waals surface area contributed by atoms with Crippen LogP contribution in [-0.4, -0.2) is 24.5 Å². The molecule has 120 valence electrons. The number of hydrogen-bond donors (Lipinski definition) is 0. The molecule has 0 spiro atoms. The van der Waals surface area contributed by atoms with Crippen LogP contribution in [0.1, 0.15) is 15.9 Å². The second-order valence-corrected chi connectivity index (χ2v) is 6.66. The molecule has 1 aromatic heterocycles. The van der Waals surface area contributed by atoms with Crippen molar-refractivity contribution < 1.29 is 9.53 Å². The summed E-state index contributed by atoms with van der Waals surface area (Å²) in [5.74, 6) is 1.49. The van der Waals surface area contributed by atoms with Crippen molar-refractivity contribution in [3.8, 4) is 5.75 Å². The lowest BCUT2D eigenvalue weighted by Crippen LogP contribution is -2.29. The van der Waals surface area contributed by atoms with Gasteiger partial charge in [-0.3, -0.25) is 9.69 Å². The van der Waals surface area contributed by atoms with Gasteiger partial charge >= 0.3 is 0 Å². The van der Waals surface area contributed by atoms with E-state index < -0.39 is 0 Å². The van der Waals surface area contributed by atoms with Gasteiger partial charge in [-0.15, -0.1) is 0 Å². The second kappa shape index (κ2) is 5.91. The number of amides is 1. The Kier molecular flexibility index (Phi) is 3.73. The molecule has 0 N–H and O–H groups in total. The lowest BCUT2D eigenvalue weighted by molar-refractivity contribution is 0.0988. The highest BCUT2D eigenvalue weighted by Gasteiger charge is 2.27. The van der Waals surface area contributed by atoms with Crippen LogP contribution in [0.4, 0.5) is 5.82 Å². The quantitative estimate of drug-likeness (QED) is 0.666. The number of carbonyl (C=O) groups is 1. The molecule has 1 aliphatic heterocycles. The fourth-order valence-electron chi connectivity index (χ4n) is 3.04. The van der Waals surface area contributed by atoms with E-state index in [1.165, 1.54) is 0 Å². The first-order valence-electron chi connectivity index (χ1n) is 7.71. The smallest absolute Gasteiger partial charge is 0.259 e. The number of nitrogens with zero attached hydrogens (tertiary/aromatic N) is 2. The molecule has 0 saturated carbocycles. The average molecular weight is 383 g/mol. The molecule has 0 atom stereocenters. The van der Waals surface area contributed by atoms with Crippen molar-refractivity contribution in [3.63, 3.8) is 0 Å². The highest BCUT2D eigenvalue weighted by atomic mass is 79.9. The predicted molar refractivity (Wildman–Crippen MR) is 97.8 cm³/mol. The van der Waals surface area contributed by atoms with Gasteiger partial charge in [0.05, 0.1) is 12.6 Å². The number of carbonyl (C=O) groups excluding carboxylic acids is 1. The molecule has 3 aromatic rings. The van der Waals surface area contributed by atoms with Crippen LogP contribution in [0.15, 0.2) is 53.0 Å². The first-order chi connectivity index (χ1) is 11.7. The van der Waals surface area contributed by atoms with Crippen LogP contribution < -0.4 is 9.64 Å². The molecule has 0 fully saturated rings. The van der Waals surface area contributed by atoms with E-state index in [4.69, 9.17) is 9.72 Å². The van der Waals surface area contributed by atoms with Gasteiger partial charge in [-0.25, -0.2) is 4.98 Å². The normalized spacial score (nSPS) is 13.2. The van der Waals surface area contributed by atoms with Gasteiger partial charge in [-0.1, -0.05) is 22.0 Å². The Morgan fingerprint density at radius 2 is 2.08 bits per heavy atom. The van der Waals surface area contributed by atoms with Crippen LogP contribution in [0.3, 0.4) is 0 Å². The molecule has 0 aliphatic carbocycles. The van der Waals surface area contributed by atoms with E-state index in [-0.39, 0.29) is 5.91 Å². The maximum atomic E-state index is 12.9. The Balaban J connectivity index is 1.77. The van der Waals surface area contributed by atoms with E-state index in [1.54, 1.807) is 12.0 Å². The number of fused-ring (bicyclic) bond motifs is 2. The van der Waals surface area contributed by atoms with Crippen molar-refractivity contribution in [2.24, 2.45) is 0 Å². The highest BCUT2D eigenvalue weighted by Crippen LogP contribution is 2.32. The van der Waals surface area contributed by atoms with Gasteiger partial charge in [0.1, 0.15) is 11.6 Å². The van der Waals surface area contributed by atoms with Crippen LogP contribution in [0.25, 0.3) is 10.9 Å². The second-order valence-electron chi connectivity index (χ2n) is 5.75. The van der Waals surface area contributed by atoms with E-state index in [2.05, 4.69) is 22.0 Å². The van der Waals surface area contributed by atoms with Crippen molar-refractivity contribution in [1.29, 1.82) is 0 Å². The maximum absolute atomic E-state index is 12.9. The summed E-state index contributed by atoms with van der Waals surface area (Å²) in [5.41, 5.74) is 2.60. The minimum Gasteiger partial charge on any atom is -0.497 e. The molecular formula is C19H15BrN2O2. The average Bonchev–Trinajstić information content (AvgIpc) is 3.01. The van der Waals surface area contributed by atoms with Gasteiger partial charge in [0, 0.05) is 28.0 Å². The number of aromatic nitrogens is 1. The zero-order valence-corrected chi connectivity index (χ0v) is 14.7. The van der Waals surface area contributed by atoms with Crippen molar-refractivity contribution in [1.82, 2.24) is 4.98 Å². The molecule has 4 nitrogen and oxygen atoms in total. The molecule has 24 heavy (non-hydrogen) atoms. The molecule has 4 rings (SSSR count). The lowest BCUT2D eigenvalue weighted by Gasteiger charge is -2.17. The number of benzene rings is 2. The van der Waals surface area contributed by atoms with Crippen molar-refractivity contribution in [3.05, 3.63) is 64.1 Å². The summed E-state index contributed by atoms with van der Waals surface area (Å²) in [6.45, 7) is 0.654. The van der Waals surface area contributed by atoms with Crippen LogP contribution in [0.5, 0.6) is 5.75 Å². The minimum absolute atomic E-state index is 0.0233. The molecule has 0 saturated heterocycles. The summed E-state index contributed by atoms with van der Waals surface area (Å²) in [4.78, 5) is 19.3. The standard InChI is InChI=1S/C19H15BrN2O2/c1-24-16-6-5-12-9-13-7-8-22(18(13)21-17(12)11-16)19(23)14-3-2-4-15(20)10-14/h2-6,9-11H,7-8H2,1H3. The summed E-state index contributed by atoms with van der Waals surface area (Å²) in [6.07, 6.45) is 0.823. The zero-order valence-electron chi connectivity index (χ0n) is 13.1. The third kappa shape index (κ3) is 2.55. The van der Waals surface area contributed by atoms with E-state index in [9.17, 15) is 4.79 Å². The SMILES string of the molecule is COc1ccc2cc3c(nc2c1)N(C(=O)c1cccc(Br)c1)CC3. The Morgan fingerprint density at radius 3 is 2.88 bits per heavy atom. The van der Waals surface area contributed by atoms with Gasteiger partial charge in [0.2, 0.25) is 0 Å². The number of anilines is 1. The highest BCUT2D eigenvalue weighted by molar-refractivity contribution is 9.10. The topological polar surface area (TPSA) is 42.4 Å². The monoisotopic (exact) mass is 382 g/mol. The molecule has 2 heterocycles. The Bertz CT molecular complexity index is 955. The fourth-order valence-corrected chi connectivity index (χ4v) is 3.44. The summed E-state index contributed by atoms with van der Waals surface area (Å²) >= 11 is 3.42. The molecule has 0 radical (unpaired) electrons. The van der Waals surface area contributed by atoms with Gasteiger partial charge in [-0.05, 0) is 48.4 Å². The Morgan fingerprint density at radius 1 is 1.21 bits per heavy atom. The molecule has 2 aromatic carbocycles. The van der Waals surface area contributed by atoms with Gasteiger partial charge < -0.3 is 4.74 Å². The van der Waals surface area contributed by atoms with E-state index in [1.807, 2.05) is 42.5 Å². The van der Waals surface area contributed by atoms with Crippen LogP contribution in [0, 0.1) is 0 Å². The maximum Gasteiger partial charge on any atom is 0.259 e. The molecular weight excluding hydrogens is 368 g/mol. The van der Waals surface area contributed by atoms with Gasteiger partial charge in [0.15, 0.2) is 0 Å². The summed E-state index contributed by atoms with van der Waals surface area (Å²) < 4.78 is 6.17. The zero-order chi connectivity index (χ0) is 16.7. The number of hydrogen-bond acceptors (Lipinski definition) is 3.